The van der Waals surface area contributed by atoms with E-state index in [1.807, 2.05) is 35.4 Å². The molecule has 4 rings (SSSR count). The Morgan fingerprint density at radius 2 is 2.17 bits per heavy atom. The van der Waals surface area contributed by atoms with Crippen LogP contribution in [0.4, 0.5) is 0 Å². The van der Waals surface area contributed by atoms with Gasteiger partial charge in [0.25, 0.3) is 11.5 Å². The zero-order valence-corrected chi connectivity index (χ0v) is 13.2. The van der Waals surface area contributed by atoms with Crippen LogP contribution >= 0.6 is 0 Å². The fourth-order valence-electron chi connectivity index (χ4n) is 3.44. The van der Waals surface area contributed by atoms with E-state index in [1.54, 1.807) is 12.3 Å². The molecular weight excluding hydrogens is 304 g/mol. The summed E-state index contributed by atoms with van der Waals surface area (Å²) >= 11 is 0. The van der Waals surface area contributed by atoms with E-state index in [0.717, 1.165) is 23.7 Å². The summed E-state index contributed by atoms with van der Waals surface area (Å²) in [5.74, 6) is 0.0201. The van der Waals surface area contributed by atoms with Gasteiger partial charge >= 0.3 is 0 Å². The minimum Gasteiger partial charge on any atom is -0.361 e. The van der Waals surface area contributed by atoms with Gasteiger partial charge in [-0.1, -0.05) is 6.07 Å². The molecule has 1 saturated heterocycles. The van der Waals surface area contributed by atoms with Crippen LogP contribution < -0.4 is 5.56 Å². The summed E-state index contributed by atoms with van der Waals surface area (Å²) in [5.41, 5.74) is 1.52. The van der Waals surface area contributed by atoms with E-state index in [2.05, 4.69) is 10.1 Å². The quantitative estimate of drug-likeness (QED) is 0.802. The van der Waals surface area contributed by atoms with Crippen molar-refractivity contribution in [1.82, 2.24) is 19.7 Å². The maximum atomic E-state index is 13.0. The Bertz CT molecular complexity index is 943. The fraction of sp³-hybridized carbons (Fsp3) is 0.278. The number of amides is 1. The standard InChI is InChI=1S/C18H18N4O2/c23-17-7-2-9-20-22(17)12-13-4-3-11-21(13)18(24)15-5-1-6-16-14(15)8-10-19-16/h1-2,5-10,13,19H,3-4,11-12H2. The van der Waals surface area contributed by atoms with Crippen molar-refractivity contribution < 1.29 is 4.79 Å². The second-order valence-electron chi connectivity index (χ2n) is 6.08. The van der Waals surface area contributed by atoms with E-state index in [4.69, 9.17) is 0 Å². The number of hydrogen-bond donors (Lipinski definition) is 1. The van der Waals surface area contributed by atoms with Gasteiger partial charge in [-0.25, -0.2) is 4.68 Å². The number of carbonyl (C=O) groups excluding carboxylic acids is 1. The number of benzene rings is 1. The van der Waals surface area contributed by atoms with Crippen LogP contribution in [0.5, 0.6) is 0 Å². The lowest BCUT2D eigenvalue weighted by Crippen LogP contribution is -2.40. The van der Waals surface area contributed by atoms with Crippen molar-refractivity contribution in [3.05, 3.63) is 64.7 Å². The number of aromatic amines is 1. The zero-order valence-electron chi connectivity index (χ0n) is 13.2. The van der Waals surface area contributed by atoms with Gasteiger partial charge in [0.05, 0.1) is 12.6 Å². The molecule has 0 radical (unpaired) electrons. The molecular formula is C18H18N4O2. The van der Waals surface area contributed by atoms with Crippen LogP contribution in [0.3, 0.4) is 0 Å². The first-order valence-corrected chi connectivity index (χ1v) is 8.13. The van der Waals surface area contributed by atoms with Gasteiger partial charge in [-0.2, -0.15) is 5.10 Å². The highest BCUT2D eigenvalue weighted by atomic mass is 16.2. The number of hydrogen-bond acceptors (Lipinski definition) is 3. The van der Waals surface area contributed by atoms with Gasteiger partial charge in [0.15, 0.2) is 0 Å². The number of nitrogens with one attached hydrogen (secondary N) is 1. The number of fused-ring (bicyclic) bond motifs is 1. The predicted octanol–water partition coefficient (Wildman–Crippen LogP) is 2.03. The molecule has 0 bridgehead atoms. The molecule has 122 valence electrons. The lowest BCUT2D eigenvalue weighted by Gasteiger charge is -2.25. The van der Waals surface area contributed by atoms with Crippen molar-refractivity contribution in [2.45, 2.75) is 25.4 Å². The van der Waals surface area contributed by atoms with E-state index < -0.39 is 0 Å². The number of aromatic nitrogens is 3. The van der Waals surface area contributed by atoms with Crippen LogP contribution in [-0.4, -0.2) is 38.2 Å². The molecule has 1 aliphatic rings. The van der Waals surface area contributed by atoms with Crippen LogP contribution in [-0.2, 0) is 6.54 Å². The molecule has 2 aromatic heterocycles. The van der Waals surface area contributed by atoms with E-state index >= 15 is 0 Å². The van der Waals surface area contributed by atoms with Gasteiger partial charge in [0.1, 0.15) is 0 Å². The number of H-pyrrole nitrogens is 1. The van der Waals surface area contributed by atoms with Gasteiger partial charge in [-0.05, 0) is 37.1 Å². The summed E-state index contributed by atoms with van der Waals surface area (Å²) in [6.45, 7) is 1.15. The number of nitrogens with zero attached hydrogens (tertiary/aromatic N) is 3. The van der Waals surface area contributed by atoms with Crippen LogP contribution in [0, 0.1) is 0 Å². The summed E-state index contributed by atoms with van der Waals surface area (Å²) in [4.78, 5) is 30.0. The first-order chi connectivity index (χ1) is 11.7. The molecule has 0 spiro atoms. The summed E-state index contributed by atoms with van der Waals surface area (Å²) in [5, 5.41) is 5.04. The number of rotatable bonds is 3. The van der Waals surface area contributed by atoms with Crippen molar-refractivity contribution in [1.29, 1.82) is 0 Å². The molecule has 6 heteroatoms. The smallest absolute Gasteiger partial charge is 0.266 e. The first-order valence-electron chi connectivity index (χ1n) is 8.13. The summed E-state index contributed by atoms with van der Waals surface area (Å²) in [6, 6.07) is 10.8. The maximum absolute atomic E-state index is 13.0. The van der Waals surface area contributed by atoms with Crippen LogP contribution in [0.25, 0.3) is 10.9 Å². The molecule has 1 fully saturated rings. The summed E-state index contributed by atoms with van der Waals surface area (Å²) < 4.78 is 1.44. The van der Waals surface area contributed by atoms with Crippen LogP contribution in [0.15, 0.2) is 53.6 Å². The molecule has 3 heterocycles. The van der Waals surface area contributed by atoms with Crippen molar-refractivity contribution in [3.8, 4) is 0 Å². The largest absolute Gasteiger partial charge is 0.361 e. The van der Waals surface area contributed by atoms with Gasteiger partial charge < -0.3 is 9.88 Å². The highest BCUT2D eigenvalue weighted by Crippen LogP contribution is 2.25. The fourth-order valence-corrected chi connectivity index (χ4v) is 3.44. The minimum atomic E-state index is -0.135. The van der Waals surface area contributed by atoms with E-state index in [0.29, 0.717) is 18.7 Å². The Kier molecular flexibility index (Phi) is 3.65. The highest BCUT2D eigenvalue weighted by Gasteiger charge is 2.30. The Morgan fingerprint density at radius 3 is 3.04 bits per heavy atom. The second-order valence-corrected chi connectivity index (χ2v) is 6.08. The molecule has 1 unspecified atom stereocenters. The molecule has 0 aliphatic carbocycles. The lowest BCUT2D eigenvalue weighted by molar-refractivity contribution is 0.0722. The molecule has 24 heavy (non-hydrogen) atoms. The highest BCUT2D eigenvalue weighted by molar-refractivity contribution is 6.06. The average Bonchev–Trinajstić information content (AvgIpc) is 3.25. The monoisotopic (exact) mass is 322 g/mol. The number of likely N-dealkylation sites (tertiary alicyclic amines) is 1. The molecule has 1 amide bonds. The van der Waals surface area contributed by atoms with Crippen molar-refractivity contribution in [2.75, 3.05) is 6.54 Å². The SMILES string of the molecule is O=C(c1cccc2[nH]ccc12)N1CCCC1Cn1ncccc1=O. The molecule has 1 atom stereocenters. The van der Waals surface area contributed by atoms with Crippen LogP contribution in [0.1, 0.15) is 23.2 Å². The molecule has 1 aliphatic heterocycles. The molecule has 1 aromatic carbocycles. The van der Waals surface area contributed by atoms with Crippen molar-refractivity contribution in [3.63, 3.8) is 0 Å². The third kappa shape index (κ3) is 2.50. The van der Waals surface area contributed by atoms with Crippen molar-refractivity contribution in [2.24, 2.45) is 0 Å². The minimum absolute atomic E-state index is 0.000650. The summed E-state index contributed by atoms with van der Waals surface area (Å²) in [7, 11) is 0. The topological polar surface area (TPSA) is 71.0 Å². The normalized spacial score (nSPS) is 17.5. The Balaban J connectivity index is 1.63. The molecule has 6 nitrogen and oxygen atoms in total. The van der Waals surface area contributed by atoms with E-state index in [-0.39, 0.29) is 17.5 Å². The van der Waals surface area contributed by atoms with Gasteiger partial charge in [0.2, 0.25) is 0 Å². The van der Waals surface area contributed by atoms with Gasteiger partial charge in [-0.3, -0.25) is 9.59 Å². The first kappa shape index (κ1) is 14.7. The average molecular weight is 322 g/mol. The van der Waals surface area contributed by atoms with Gasteiger partial charge in [-0.15, -0.1) is 0 Å². The van der Waals surface area contributed by atoms with Crippen LogP contribution in [0.2, 0.25) is 0 Å². The van der Waals surface area contributed by atoms with Gasteiger partial charge in [0, 0.05) is 41.5 Å². The third-order valence-electron chi connectivity index (χ3n) is 4.63. The lowest BCUT2D eigenvalue weighted by atomic mass is 10.1. The zero-order chi connectivity index (χ0) is 16.5. The summed E-state index contributed by atoms with van der Waals surface area (Å²) in [6.07, 6.45) is 5.28. The van der Waals surface area contributed by atoms with Crippen molar-refractivity contribution >= 4 is 16.8 Å². The molecule has 1 N–H and O–H groups in total. The third-order valence-corrected chi connectivity index (χ3v) is 4.63. The Labute approximate surface area is 138 Å². The predicted molar refractivity (Wildman–Crippen MR) is 90.9 cm³/mol. The molecule has 3 aromatic rings. The number of carbonyl (C=O) groups is 1. The van der Waals surface area contributed by atoms with E-state index in [9.17, 15) is 9.59 Å². The Hall–Kier alpha value is -2.89. The molecule has 0 saturated carbocycles. The maximum Gasteiger partial charge on any atom is 0.266 e. The second kappa shape index (κ2) is 5.96. The van der Waals surface area contributed by atoms with E-state index in [1.165, 1.54) is 10.7 Å². The Morgan fingerprint density at radius 1 is 1.25 bits per heavy atom.